The van der Waals surface area contributed by atoms with Crippen molar-refractivity contribution in [3.63, 3.8) is 0 Å². The molecular weight excluding hydrogens is 186 g/mol. The maximum absolute atomic E-state index is 11.9. The van der Waals surface area contributed by atoms with Gasteiger partial charge < -0.3 is 5.32 Å². The molecular formula is C13H17NO. The number of hydrogen-bond donors (Lipinski definition) is 1. The fourth-order valence-corrected chi connectivity index (χ4v) is 1.67. The van der Waals surface area contributed by atoms with Crippen LogP contribution < -0.4 is 5.32 Å². The van der Waals surface area contributed by atoms with Gasteiger partial charge in [0, 0.05) is 11.6 Å². The predicted octanol–water partition coefficient (Wildman–Crippen LogP) is 2.24. The molecule has 1 N–H and O–H groups in total. The van der Waals surface area contributed by atoms with Crippen LogP contribution in [0.1, 0.15) is 34.3 Å². The topological polar surface area (TPSA) is 29.1 Å². The van der Waals surface area contributed by atoms with Crippen LogP contribution in [0.25, 0.3) is 0 Å². The monoisotopic (exact) mass is 203 g/mol. The van der Waals surface area contributed by atoms with Gasteiger partial charge in [-0.15, -0.1) is 0 Å². The smallest absolute Gasteiger partial charge is 0.176 e. The number of ketones is 1. The number of nitrogens with one attached hydrogen (secondary N) is 1. The minimum atomic E-state index is 0.211. The van der Waals surface area contributed by atoms with Gasteiger partial charge in [-0.2, -0.15) is 0 Å². The number of carbonyl (C=O) groups is 1. The molecule has 0 heterocycles. The van der Waals surface area contributed by atoms with Crippen LogP contribution >= 0.6 is 0 Å². The molecule has 1 aliphatic carbocycles. The molecule has 2 rings (SSSR count). The van der Waals surface area contributed by atoms with Gasteiger partial charge in [0.1, 0.15) is 0 Å². The van der Waals surface area contributed by atoms with Crippen LogP contribution in [0.4, 0.5) is 0 Å². The summed E-state index contributed by atoms with van der Waals surface area (Å²) in [5, 5.41) is 3.25. The van der Waals surface area contributed by atoms with Crippen molar-refractivity contribution in [3.8, 4) is 0 Å². The molecule has 1 aromatic carbocycles. The van der Waals surface area contributed by atoms with Crippen LogP contribution in [-0.4, -0.2) is 18.4 Å². The lowest BCUT2D eigenvalue weighted by atomic mass is 10.0. The quantitative estimate of drug-likeness (QED) is 0.760. The molecule has 0 radical (unpaired) electrons. The minimum absolute atomic E-state index is 0.211. The van der Waals surface area contributed by atoms with Gasteiger partial charge in [-0.25, -0.2) is 0 Å². The summed E-state index contributed by atoms with van der Waals surface area (Å²) in [6.45, 7) is 4.54. The highest BCUT2D eigenvalue weighted by Crippen LogP contribution is 2.19. The second-order valence-corrected chi connectivity index (χ2v) is 4.33. The van der Waals surface area contributed by atoms with Gasteiger partial charge in [0.15, 0.2) is 5.78 Å². The summed E-state index contributed by atoms with van der Waals surface area (Å²) in [5.74, 6) is 0.211. The molecule has 2 heteroatoms. The summed E-state index contributed by atoms with van der Waals surface area (Å²) in [6.07, 6.45) is 2.44. The lowest BCUT2D eigenvalue weighted by Gasteiger charge is -2.07. The van der Waals surface area contributed by atoms with E-state index in [0.29, 0.717) is 12.6 Å². The third kappa shape index (κ3) is 2.45. The maximum atomic E-state index is 11.9. The third-order valence-electron chi connectivity index (χ3n) is 3.03. The van der Waals surface area contributed by atoms with Gasteiger partial charge in [-0.05, 0) is 37.8 Å². The first kappa shape index (κ1) is 10.4. The van der Waals surface area contributed by atoms with Gasteiger partial charge in [-0.3, -0.25) is 4.79 Å². The summed E-state index contributed by atoms with van der Waals surface area (Å²) in [6, 6.07) is 6.51. The first-order chi connectivity index (χ1) is 7.18. The van der Waals surface area contributed by atoms with Gasteiger partial charge in [0.05, 0.1) is 6.54 Å². The van der Waals surface area contributed by atoms with Crippen molar-refractivity contribution in [1.29, 1.82) is 0 Å². The largest absolute Gasteiger partial charge is 0.307 e. The number of rotatable bonds is 4. The average Bonchev–Trinajstić information content (AvgIpc) is 3.02. The third-order valence-corrected chi connectivity index (χ3v) is 3.03. The Balaban J connectivity index is 2.06. The molecule has 0 aromatic heterocycles. The first-order valence-corrected chi connectivity index (χ1v) is 5.51. The van der Waals surface area contributed by atoms with Crippen LogP contribution in [-0.2, 0) is 0 Å². The van der Waals surface area contributed by atoms with Gasteiger partial charge in [0.25, 0.3) is 0 Å². The molecule has 0 amide bonds. The second kappa shape index (κ2) is 4.15. The average molecular weight is 203 g/mol. The number of hydrogen-bond acceptors (Lipinski definition) is 2. The van der Waals surface area contributed by atoms with E-state index in [2.05, 4.69) is 5.32 Å². The molecule has 1 saturated carbocycles. The molecule has 15 heavy (non-hydrogen) atoms. The van der Waals surface area contributed by atoms with Crippen LogP contribution in [0, 0.1) is 13.8 Å². The Morgan fingerprint density at radius 2 is 2.13 bits per heavy atom. The molecule has 0 atom stereocenters. The van der Waals surface area contributed by atoms with E-state index in [1.807, 2.05) is 32.0 Å². The molecule has 1 aliphatic rings. The van der Waals surface area contributed by atoms with E-state index >= 15 is 0 Å². The summed E-state index contributed by atoms with van der Waals surface area (Å²) in [7, 11) is 0. The highest BCUT2D eigenvalue weighted by molar-refractivity contribution is 5.99. The van der Waals surface area contributed by atoms with Crippen molar-refractivity contribution in [3.05, 3.63) is 34.9 Å². The zero-order valence-corrected chi connectivity index (χ0v) is 9.34. The molecule has 0 aliphatic heterocycles. The lowest BCUT2D eigenvalue weighted by molar-refractivity contribution is 0.0990. The maximum Gasteiger partial charge on any atom is 0.176 e. The zero-order chi connectivity index (χ0) is 10.8. The highest BCUT2D eigenvalue weighted by Gasteiger charge is 2.21. The zero-order valence-electron chi connectivity index (χ0n) is 9.34. The molecule has 1 aromatic rings. The number of Topliss-reactive ketones (excluding diaryl/α,β-unsaturated/α-hetero) is 1. The number of benzene rings is 1. The van der Waals surface area contributed by atoms with E-state index in [-0.39, 0.29) is 5.78 Å². The SMILES string of the molecule is Cc1cccc(C(=O)CNC2CC2)c1C. The van der Waals surface area contributed by atoms with E-state index in [4.69, 9.17) is 0 Å². The molecule has 2 nitrogen and oxygen atoms in total. The van der Waals surface area contributed by atoms with E-state index in [9.17, 15) is 4.79 Å². The molecule has 80 valence electrons. The summed E-state index contributed by atoms with van der Waals surface area (Å²) >= 11 is 0. The number of carbonyl (C=O) groups excluding carboxylic acids is 1. The fraction of sp³-hybridized carbons (Fsp3) is 0.462. The van der Waals surface area contributed by atoms with Crippen molar-refractivity contribution in [2.24, 2.45) is 0 Å². The van der Waals surface area contributed by atoms with Crippen molar-refractivity contribution in [2.75, 3.05) is 6.54 Å². The Morgan fingerprint density at radius 1 is 1.40 bits per heavy atom. The Hall–Kier alpha value is -1.15. The number of aryl methyl sites for hydroxylation is 1. The molecule has 0 spiro atoms. The lowest BCUT2D eigenvalue weighted by Crippen LogP contribution is -2.25. The van der Waals surface area contributed by atoms with E-state index in [0.717, 1.165) is 11.1 Å². The summed E-state index contributed by atoms with van der Waals surface area (Å²) in [5.41, 5.74) is 3.16. The van der Waals surface area contributed by atoms with Crippen molar-refractivity contribution in [2.45, 2.75) is 32.7 Å². The van der Waals surface area contributed by atoms with Gasteiger partial charge in [0.2, 0.25) is 0 Å². The van der Waals surface area contributed by atoms with Crippen molar-refractivity contribution in [1.82, 2.24) is 5.32 Å². The Morgan fingerprint density at radius 3 is 2.80 bits per heavy atom. The van der Waals surface area contributed by atoms with Gasteiger partial charge in [-0.1, -0.05) is 18.2 Å². The Kier molecular flexibility index (Phi) is 2.87. The fourth-order valence-electron chi connectivity index (χ4n) is 1.67. The normalized spacial score (nSPS) is 15.3. The molecule has 0 unspecified atom stereocenters. The summed E-state index contributed by atoms with van der Waals surface area (Å²) in [4.78, 5) is 11.9. The van der Waals surface area contributed by atoms with E-state index in [1.165, 1.54) is 18.4 Å². The Labute approximate surface area is 90.7 Å². The minimum Gasteiger partial charge on any atom is -0.307 e. The highest BCUT2D eigenvalue weighted by atomic mass is 16.1. The van der Waals surface area contributed by atoms with E-state index < -0.39 is 0 Å². The second-order valence-electron chi connectivity index (χ2n) is 4.33. The van der Waals surface area contributed by atoms with Crippen LogP contribution in [0.2, 0.25) is 0 Å². The van der Waals surface area contributed by atoms with Crippen LogP contribution in [0.3, 0.4) is 0 Å². The molecule has 0 bridgehead atoms. The van der Waals surface area contributed by atoms with Crippen molar-refractivity contribution < 1.29 is 4.79 Å². The van der Waals surface area contributed by atoms with Gasteiger partial charge >= 0.3 is 0 Å². The van der Waals surface area contributed by atoms with E-state index in [1.54, 1.807) is 0 Å². The first-order valence-electron chi connectivity index (χ1n) is 5.51. The van der Waals surface area contributed by atoms with Crippen LogP contribution in [0.5, 0.6) is 0 Å². The van der Waals surface area contributed by atoms with Crippen molar-refractivity contribution >= 4 is 5.78 Å². The molecule has 0 saturated heterocycles. The predicted molar refractivity (Wildman–Crippen MR) is 61.3 cm³/mol. The van der Waals surface area contributed by atoms with Crippen LogP contribution in [0.15, 0.2) is 18.2 Å². The molecule has 1 fully saturated rings. The standard InChI is InChI=1S/C13H17NO/c1-9-4-3-5-12(10(9)2)13(15)8-14-11-6-7-11/h3-5,11,14H,6-8H2,1-2H3. The summed E-state index contributed by atoms with van der Waals surface area (Å²) < 4.78 is 0. The Bertz CT molecular complexity index is 380.